The van der Waals surface area contributed by atoms with Gasteiger partial charge in [-0.2, -0.15) is 0 Å². The smallest absolute Gasteiger partial charge is 0.119 e. The van der Waals surface area contributed by atoms with Crippen LogP contribution in [0.1, 0.15) is 12.8 Å². The van der Waals surface area contributed by atoms with E-state index in [9.17, 15) is 0 Å². The van der Waals surface area contributed by atoms with E-state index in [0.29, 0.717) is 0 Å². The number of anilines is 1. The first kappa shape index (κ1) is 11.3. The summed E-state index contributed by atoms with van der Waals surface area (Å²) in [5.74, 6) is 0.910. The molecule has 1 N–H and O–H groups in total. The number of rotatable bonds is 6. The van der Waals surface area contributed by atoms with Crippen LogP contribution in [0.25, 0.3) is 0 Å². The Morgan fingerprint density at radius 3 is 2.56 bits per heavy atom. The second-order valence-electron chi connectivity index (χ2n) is 4.35. The standard InChI is InChI=1S/C13H20N2O/c1-15(10-9-14-11-3-4-11)12-5-7-13(16-2)8-6-12/h5-8,11,14H,3-4,9-10H2,1-2H3. The summed E-state index contributed by atoms with van der Waals surface area (Å²) in [5.41, 5.74) is 1.23. The Balaban J connectivity index is 1.79. The Hall–Kier alpha value is -1.22. The number of nitrogens with one attached hydrogen (secondary N) is 1. The number of hydrogen-bond donors (Lipinski definition) is 1. The summed E-state index contributed by atoms with van der Waals surface area (Å²) in [6, 6.07) is 8.98. The minimum Gasteiger partial charge on any atom is -0.497 e. The highest BCUT2D eigenvalue weighted by Gasteiger charge is 2.19. The SMILES string of the molecule is COc1ccc(N(C)CCNC2CC2)cc1. The lowest BCUT2D eigenvalue weighted by Gasteiger charge is -2.19. The number of benzene rings is 1. The molecule has 1 aliphatic carbocycles. The summed E-state index contributed by atoms with van der Waals surface area (Å²) in [6.07, 6.45) is 2.71. The van der Waals surface area contributed by atoms with Gasteiger partial charge in [-0.05, 0) is 37.1 Å². The van der Waals surface area contributed by atoms with Gasteiger partial charge in [0.2, 0.25) is 0 Å². The van der Waals surface area contributed by atoms with Crippen molar-refractivity contribution in [2.45, 2.75) is 18.9 Å². The molecule has 88 valence electrons. The van der Waals surface area contributed by atoms with E-state index in [-0.39, 0.29) is 0 Å². The van der Waals surface area contributed by atoms with Gasteiger partial charge in [0.1, 0.15) is 5.75 Å². The topological polar surface area (TPSA) is 24.5 Å². The van der Waals surface area contributed by atoms with Crippen molar-refractivity contribution >= 4 is 5.69 Å². The van der Waals surface area contributed by atoms with Gasteiger partial charge in [0, 0.05) is 31.9 Å². The molecule has 16 heavy (non-hydrogen) atoms. The highest BCUT2D eigenvalue weighted by Crippen LogP contribution is 2.19. The van der Waals surface area contributed by atoms with Crippen LogP contribution in [0, 0.1) is 0 Å². The number of likely N-dealkylation sites (N-methyl/N-ethyl adjacent to an activating group) is 1. The molecule has 0 spiro atoms. The minimum absolute atomic E-state index is 0.796. The normalized spacial score (nSPS) is 14.9. The zero-order chi connectivity index (χ0) is 11.4. The van der Waals surface area contributed by atoms with E-state index in [1.165, 1.54) is 18.5 Å². The van der Waals surface area contributed by atoms with Gasteiger partial charge in [0.05, 0.1) is 7.11 Å². The highest BCUT2D eigenvalue weighted by atomic mass is 16.5. The van der Waals surface area contributed by atoms with Crippen LogP contribution in [0.5, 0.6) is 5.75 Å². The van der Waals surface area contributed by atoms with Gasteiger partial charge >= 0.3 is 0 Å². The fraction of sp³-hybridized carbons (Fsp3) is 0.538. The molecule has 0 heterocycles. The first-order valence-electron chi connectivity index (χ1n) is 5.88. The molecular weight excluding hydrogens is 200 g/mol. The minimum atomic E-state index is 0.796. The monoisotopic (exact) mass is 220 g/mol. The van der Waals surface area contributed by atoms with Crippen molar-refractivity contribution in [2.24, 2.45) is 0 Å². The maximum Gasteiger partial charge on any atom is 0.119 e. The van der Waals surface area contributed by atoms with E-state index in [1.807, 2.05) is 12.1 Å². The van der Waals surface area contributed by atoms with Gasteiger partial charge in [-0.15, -0.1) is 0 Å². The molecule has 0 bridgehead atoms. The van der Waals surface area contributed by atoms with E-state index in [0.717, 1.165) is 24.9 Å². The largest absolute Gasteiger partial charge is 0.497 e. The van der Waals surface area contributed by atoms with E-state index < -0.39 is 0 Å². The molecule has 0 aromatic heterocycles. The number of methoxy groups -OCH3 is 1. The molecule has 1 saturated carbocycles. The summed E-state index contributed by atoms with van der Waals surface area (Å²) in [6.45, 7) is 2.11. The lowest BCUT2D eigenvalue weighted by Crippen LogP contribution is -2.30. The van der Waals surface area contributed by atoms with Crippen molar-refractivity contribution in [1.29, 1.82) is 0 Å². The molecule has 0 saturated heterocycles. The summed E-state index contributed by atoms with van der Waals surface area (Å²) in [4.78, 5) is 2.26. The first-order valence-corrected chi connectivity index (χ1v) is 5.88. The lowest BCUT2D eigenvalue weighted by atomic mass is 10.3. The highest BCUT2D eigenvalue weighted by molar-refractivity contribution is 5.48. The Kier molecular flexibility index (Phi) is 3.67. The summed E-state index contributed by atoms with van der Waals surface area (Å²) in [5, 5.41) is 3.51. The first-order chi connectivity index (χ1) is 7.79. The number of ether oxygens (including phenoxy) is 1. The third kappa shape index (κ3) is 3.14. The van der Waals surface area contributed by atoms with Gasteiger partial charge in [-0.1, -0.05) is 0 Å². The van der Waals surface area contributed by atoms with Gasteiger partial charge < -0.3 is 15.0 Å². The average Bonchev–Trinajstić information content (AvgIpc) is 3.13. The van der Waals surface area contributed by atoms with Crippen LogP contribution < -0.4 is 15.0 Å². The molecule has 2 rings (SSSR count). The van der Waals surface area contributed by atoms with Crippen LogP contribution in [-0.2, 0) is 0 Å². The Morgan fingerprint density at radius 2 is 2.00 bits per heavy atom. The van der Waals surface area contributed by atoms with Crippen molar-refractivity contribution in [3.05, 3.63) is 24.3 Å². The Morgan fingerprint density at radius 1 is 1.31 bits per heavy atom. The van der Waals surface area contributed by atoms with Gasteiger partial charge in [0.25, 0.3) is 0 Å². The van der Waals surface area contributed by atoms with Crippen LogP contribution in [0.15, 0.2) is 24.3 Å². The zero-order valence-corrected chi connectivity index (χ0v) is 10.1. The quantitative estimate of drug-likeness (QED) is 0.792. The third-order valence-electron chi connectivity index (χ3n) is 2.97. The summed E-state index contributed by atoms with van der Waals surface area (Å²) < 4.78 is 5.14. The van der Waals surface area contributed by atoms with E-state index >= 15 is 0 Å². The van der Waals surface area contributed by atoms with Crippen LogP contribution >= 0.6 is 0 Å². The van der Waals surface area contributed by atoms with Gasteiger partial charge in [0.15, 0.2) is 0 Å². The molecule has 3 nitrogen and oxygen atoms in total. The van der Waals surface area contributed by atoms with E-state index in [1.54, 1.807) is 7.11 Å². The molecule has 0 radical (unpaired) electrons. The second kappa shape index (κ2) is 5.21. The maximum absolute atomic E-state index is 5.14. The van der Waals surface area contributed by atoms with E-state index in [2.05, 4.69) is 29.4 Å². The summed E-state index contributed by atoms with van der Waals surface area (Å²) >= 11 is 0. The molecule has 1 fully saturated rings. The van der Waals surface area contributed by atoms with Gasteiger partial charge in [-0.3, -0.25) is 0 Å². The predicted octanol–water partition coefficient (Wildman–Crippen LogP) is 1.88. The molecular formula is C13H20N2O. The van der Waals surface area contributed by atoms with Crippen LogP contribution in [-0.4, -0.2) is 33.3 Å². The van der Waals surface area contributed by atoms with Gasteiger partial charge in [-0.25, -0.2) is 0 Å². The summed E-state index contributed by atoms with van der Waals surface area (Å²) in [7, 11) is 3.81. The van der Waals surface area contributed by atoms with Crippen molar-refractivity contribution in [3.8, 4) is 5.75 Å². The van der Waals surface area contributed by atoms with Crippen LogP contribution in [0.4, 0.5) is 5.69 Å². The molecule has 0 unspecified atom stereocenters. The van der Waals surface area contributed by atoms with Crippen molar-refractivity contribution in [1.82, 2.24) is 5.32 Å². The predicted molar refractivity (Wildman–Crippen MR) is 67.3 cm³/mol. The van der Waals surface area contributed by atoms with Crippen LogP contribution in [0.2, 0.25) is 0 Å². The molecule has 3 heteroatoms. The van der Waals surface area contributed by atoms with Crippen molar-refractivity contribution in [3.63, 3.8) is 0 Å². The Labute approximate surface area is 97.4 Å². The molecule has 1 aromatic carbocycles. The molecule has 0 aliphatic heterocycles. The number of nitrogens with zero attached hydrogens (tertiary/aromatic N) is 1. The lowest BCUT2D eigenvalue weighted by molar-refractivity contribution is 0.415. The molecule has 1 aliphatic rings. The molecule has 0 amide bonds. The zero-order valence-electron chi connectivity index (χ0n) is 10.1. The maximum atomic E-state index is 5.14. The Bertz CT molecular complexity index is 319. The van der Waals surface area contributed by atoms with Crippen molar-refractivity contribution in [2.75, 3.05) is 32.1 Å². The number of hydrogen-bond acceptors (Lipinski definition) is 3. The fourth-order valence-corrected chi connectivity index (χ4v) is 1.69. The van der Waals surface area contributed by atoms with Crippen LogP contribution in [0.3, 0.4) is 0 Å². The second-order valence-corrected chi connectivity index (χ2v) is 4.35. The third-order valence-corrected chi connectivity index (χ3v) is 2.97. The average molecular weight is 220 g/mol. The molecule has 1 aromatic rings. The van der Waals surface area contributed by atoms with E-state index in [4.69, 9.17) is 4.74 Å². The fourth-order valence-electron chi connectivity index (χ4n) is 1.69. The molecule has 0 atom stereocenters. The van der Waals surface area contributed by atoms with Crippen molar-refractivity contribution < 1.29 is 4.74 Å².